The maximum atomic E-state index is 12.9. The molecular formula is C20H20N4O3S. The fraction of sp³-hybridized carbons (Fsp3) is 0.250. The Kier molecular flexibility index (Phi) is 5.12. The number of aromatic nitrogens is 1. The number of amides is 2. The van der Waals surface area contributed by atoms with E-state index in [-0.39, 0.29) is 17.6 Å². The first-order valence-corrected chi connectivity index (χ1v) is 9.89. The molecule has 7 nitrogen and oxygen atoms in total. The number of nitrogens with one attached hydrogen (secondary N) is 1. The van der Waals surface area contributed by atoms with Gasteiger partial charge in [0.1, 0.15) is 0 Å². The minimum atomic E-state index is -0.338. The largest absolute Gasteiger partial charge is 0.459 e. The summed E-state index contributed by atoms with van der Waals surface area (Å²) in [6.07, 6.45) is 3.25. The third-order valence-corrected chi connectivity index (χ3v) is 5.57. The van der Waals surface area contributed by atoms with Crippen molar-refractivity contribution in [2.24, 2.45) is 0 Å². The van der Waals surface area contributed by atoms with Crippen LogP contribution in [0.4, 0.5) is 10.8 Å². The highest BCUT2D eigenvalue weighted by Gasteiger charge is 2.24. The molecule has 0 saturated carbocycles. The molecule has 0 bridgehead atoms. The van der Waals surface area contributed by atoms with Gasteiger partial charge in [-0.25, -0.2) is 4.98 Å². The molecule has 0 aliphatic carbocycles. The summed E-state index contributed by atoms with van der Waals surface area (Å²) in [5.41, 5.74) is 2.04. The monoisotopic (exact) mass is 396 g/mol. The number of furan rings is 1. The molecule has 0 atom stereocenters. The standard InChI is InChI=1S/C20H20N4O3S/c1-14-4-5-15(13-16(14)22-18(25)17-3-2-11-27-17)19(26)23-7-9-24(10-8-23)20-21-6-12-28-20/h2-6,11-13H,7-10H2,1H3,(H,22,25). The molecule has 1 N–H and O–H groups in total. The van der Waals surface area contributed by atoms with Gasteiger partial charge in [0.25, 0.3) is 11.8 Å². The predicted octanol–water partition coefficient (Wildman–Crippen LogP) is 3.26. The SMILES string of the molecule is Cc1ccc(C(=O)N2CCN(c3nccs3)CC2)cc1NC(=O)c1ccco1. The summed E-state index contributed by atoms with van der Waals surface area (Å²) in [5.74, 6) is -0.142. The zero-order valence-corrected chi connectivity index (χ0v) is 16.2. The number of thiazole rings is 1. The van der Waals surface area contributed by atoms with Crippen LogP contribution in [-0.2, 0) is 0 Å². The van der Waals surface area contributed by atoms with Gasteiger partial charge in [-0.05, 0) is 36.8 Å². The van der Waals surface area contributed by atoms with Crippen LogP contribution in [0.1, 0.15) is 26.5 Å². The van der Waals surface area contributed by atoms with Gasteiger partial charge in [0.15, 0.2) is 10.9 Å². The normalized spacial score (nSPS) is 14.2. The van der Waals surface area contributed by atoms with Gasteiger partial charge < -0.3 is 19.5 Å². The first-order chi connectivity index (χ1) is 13.6. The summed E-state index contributed by atoms with van der Waals surface area (Å²) in [6, 6.07) is 8.63. The Bertz CT molecular complexity index is 962. The van der Waals surface area contributed by atoms with Crippen molar-refractivity contribution in [2.45, 2.75) is 6.92 Å². The molecule has 4 rings (SSSR count). The lowest BCUT2D eigenvalue weighted by molar-refractivity contribution is 0.0746. The highest BCUT2D eigenvalue weighted by molar-refractivity contribution is 7.13. The predicted molar refractivity (Wildman–Crippen MR) is 108 cm³/mol. The van der Waals surface area contributed by atoms with Crippen molar-refractivity contribution in [3.63, 3.8) is 0 Å². The molecular weight excluding hydrogens is 376 g/mol. The molecule has 2 amide bonds. The first kappa shape index (κ1) is 18.2. The van der Waals surface area contributed by atoms with Crippen LogP contribution in [0, 0.1) is 6.92 Å². The lowest BCUT2D eigenvalue weighted by Gasteiger charge is -2.34. The van der Waals surface area contributed by atoms with Gasteiger partial charge in [0, 0.05) is 49.0 Å². The number of carbonyl (C=O) groups is 2. The zero-order chi connectivity index (χ0) is 19.5. The summed E-state index contributed by atoms with van der Waals surface area (Å²) in [6.45, 7) is 4.68. The Morgan fingerprint density at radius 3 is 2.68 bits per heavy atom. The van der Waals surface area contributed by atoms with E-state index in [1.165, 1.54) is 6.26 Å². The van der Waals surface area contributed by atoms with Gasteiger partial charge in [-0.1, -0.05) is 6.07 Å². The molecule has 1 aliphatic heterocycles. The van der Waals surface area contributed by atoms with E-state index in [1.807, 2.05) is 23.3 Å². The van der Waals surface area contributed by atoms with Crippen molar-refractivity contribution < 1.29 is 14.0 Å². The summed E-state index contributed by atoms with van der Waals surface area (Å²) in [5, 5.41) is 5.76. The number of anilines is 2. The lowest BCUT2D eigenvalue weighted by atomic mass is 10.1. The van der Waals surface area contributed by atoms with Crippen LogP contribution in [0.3, 0.4) is 0 Å². The molecule has 28 heavy (non-hydrogen) atoms. The second kappa shape index (κ2) is 7.85. The highest BCUT2D eigenvalue weighted by atomic mass is 32.1. The van der Waals surface area contributed by atoms with E-state index in [2.05, 4.69) is 15.2 Å². The molecule has 1 saturated heterocycles. The second-order valence-corrected chi connectivity index (χ2v) is 7.43. The van der Waals surface area contributed by atoms with Crippen molar-refractivity contribution in [3.8, 4) is 0 Å². The number of rotatable bonds is 4. The number of hydrogen-bond acceptors (Lipinski definition) is 6. The van der Waals surface area contributed by atoms with Crippen LogP contribution < -0.4 is 10.2 Å². The van der Waals surface area contributed by atoms with E-state index in [4.69, 9.17) is 4.42 Å². The van der Waals surface area contributed by atoms with E-state index in [1.54, 1.807) is 41.8 Å². The molecule has 0 spiro atoms. The van der Waals surface area contributed by atoms with Gasteiger partial charge in [0.2, 0.25) is 0 Å². The molecule has 144 valence electrons. The van der Waals surface area contributed by atoms with Crippen molar-refractivity contribution in [2.75, 3.05) is 36.4 Å². The molecule has 2 aromatic heterocycles. The van der Waals surface area contributed by atoms with Gasteiger partial charge in [-0.3, -0.25) is 9.59 Å². The van der Waals surface area contributed by atoms with Crippen LogP contribution in [0.2, 0.25) is 0 Å². The van der Waals surface area contributed by atoms with Crippen LogP contribution >= 0.6 is 11.3 Å². The number of carbonyl (C=O) groups excluding carboxylic acids is 2. The van der Waals surface area contributed by atoms with E-state index in [0.29, 0.717) is 24.3 Å². The average molecular weight is 396 g/mol. The van der Waals surface area contributed by atoms with E-state index in [0.717, 1.165) is 23.8 Å². The maximum Gasteiger partial charge on any atom is 0.291 e. The average Bonchev–Trinajstić information content (AvgIpc) is 3.43. The van der Waals surface area contributed by atoms with Gasteiger partial charge in [-0.2, -0.15) is 0 Å². The Balaban J connectivity index is 1.44. The summed E-state index contributed by atoms with van der Waals surface area (Å²) < 4.78 is 5.12. The zero-order valence-electron chi connectivity index (χ0n) is 15.4. The highest BCUT2D eigenvalue weighted by Crippen LogP contribution is 2.22. The Labute approximate surface area is 166 Å². The van der Waals surface area contributed by atoms with Crippen LogP contribution in [0.25, 0.3) is 0 Å². The number of nitrogens with zero attached hydrogens (tertiary/aromatic N) is 3. The first-order valence-electron chi connectivity index (χ1n) is 9.01. The lowest BCUT2D eigenvalue weighted by Crippen LogP contribution is -2.48. The Hall–Kier alpha value is -3.13. The molecule has 3 heterocycles. The molecule has 1 aromatic carbocycles. The van der Waals surface area contributed by atoms with Crippen molar-refractivity contribution in [3.05, 3.63) is 65.1 Å². The van der Waals surface area contributed by atoms with Crippen molar-refractivity contribution in [1.29, 1.82) is 0 Å². The van der Waals surface area contributed by atoms with Gasteiger partial charge in [-0.15, -0.1) is 11.3 Å². The third kappa shape index (κ3) is 3.77. The quantitative estimate of drug-likeness (QED) is 0.732. The van der Waals surface area contributed by atoms with Gasteiger partial charge in [0.05, 0.1) is 6.26 Å². The second-order valence-electron chi connectivity index (χ2n) is 6.56. The summed E-state index contributed by atoms with van der Waals surface area (Å²) >= 11 is 1.61. The van der Waals surface area contributed by atoms with E-state index in [9.17, 15) is 9.59 Å². The smallest absolute Gasteiger partial charge is 0.291 e. The van der Waals surface area contributed by atoms with Crippen molar-refractivity contribution in [1.82, 2.24) is 9.88 Å². The van der Waals surface area contributed by atoms with Crippen molar-refractivity contribution >= 4 is 34.0 Å². The number of aryl methyl sites for hydroxylation is 1. The molecule has 1 aliphatic rings. The van der Waals surface area contributed by atoms with E-state index >= 15 is 0 Å². The number of piperazine rings is 1. The van der Waals surface area contributed by atoms with E-state index < -0.39 is 0 Å². The third-order valence-electron chi connectivity index (χ3n) is 4.73. The Morgan fingerprint density at radius 1 is 1.18 bits per heavy atom. The fourth-order valence-corrected chi connectivity index (χ4v) is 3.83. The summed E-state index contributed by atoms with van der Waals surface area (Å²) in [4.78, 5) is 33.5. The molecule has 0 radical (unpaired) electrons. The van der Waals surface area contributed by atoms with Crippen LogP contribution in [-0.4, -0.2) is 47.9 Å². The van der Waals surface area contributed by atoms with Gasteiger partial charge >= 0.3 is 0 Å². The molecule has 8 heteroatoms. The molecule has 1 fully saturated rings. The van der Waals surface area contributed by atoms with Crippen LogP contribution in [0.5, 0.6) is 0 Å². The number of hydrogen-bond donors (Lipinski definition) is 1. The topological polar surface area (TPSA) is 78.7 Å². The number of benzene rings is 1. The molecule has 0 unspecified atom stereocenters. The summed E-state index contributed by atoms with van der Waals surface area (Å²) in [7, 11) is 0. The Morgan fingerprint density at radius 2 is 2.00 bits per heavy atom. The minimum Gasteiger partial charge on any atom is -0.459 e. The minimum absolute atomic E-state index is 0.0349. The van der Waals surface area contributed by atoms with Crippen LogP contribution in [0.15, 0.2) is 52.6 Å². The molecule has 3 aromatic rings. The fourth-order valence-electron chi connectivity index (χ4n) is 3.14. The maximum absolute atomic E-state index is 12.9.